The molecule has 0 spiro atoms. The molecule has 0 bridgehead atoms. The molecular formula is C12H13FO3. The maximum Gasteiger partial charge on any atom is 0.191 e. The van der Waals surface area contributed by atoms with E-state index in [2.05, 4.69) is 0 Å². The summed E-state index contributed by atoms with van der Waals surface area (Å²) < 4.78 is 23.1. The molecule has 0 aromatic heterocycles. The van der Waals surface area contributed by atoms with Gasteiger partial charge in [-0.15, -0.1) is 0 Å². The van der Waals surface area contributed by atoms with Crippen molar-refractivity contribution in [2.75, 3.05) is 13.2 Å². The molecule has 1 saturated heterocycles. The van der Waals surface area contributed by atoms with Crippen LogP contribution in [-0.2, 0) is 9.47 Å². The highest BCUT2D eigenvalue weighted by molar-refractivity contribution is 5.99. The lowest BCUT2D eigenvalue weighted by molar-refractivity contribution is -0.141. The van der Waals surface area contributed by atoms with Crippen molar-refractivity contribution in [3.8, 4) is 0 Å². The average molecular weight is 224 g/mol. The zero-order chi connectivity index (χ0) is 11.5. The first-order chi connectivity index (χ1) is 7.66. The van der Waals surface area contributed by atoms with Crippen molar-refractivity contribution in [3.05, 3.63) is 35.6 Å². The van der Waals surface area contributed by atoms with Crippen LogP contribution in [0.3, 0.4) is 0 Å². The van der Waals surface area contributed by atoms with E-state index in [0.717, 1.165) is 0 Å². The van der Waals surface area contributed by atoms with Crippen LogP contribution in [0.4, 0.5) is 4.39 Å². The number of carbonyl (C=O) groups is 1. The van der Waals surface area contributed by atoms with Gasteiger partial charge in [0.15, 0.2) is 5.78 Å². The molecule has 1 aromatic carbocycles. The summed E-state index contributed by atoms with van der Waals surface area (Å²) >= 11 is 0. The van der Waals surface area contributed by atoms with Crippen LogP contribution in [0.5, 0.6) is 0 Å². The van der Waals surface area contributed by atoms with E-state index in [1.807, 2.05) is 0 Å². The second kappa shape index (κ2) is 4.72. The Bertz CT molecular complexity index is 370. The molecule has 4 heteroatoms. The zero-order valence-corrected chi connectivity index (χ0v) is 8.98. The number of Topliss-reactive ketones (excluding diaryl/α,β-unsaturated/α-hetero) is 1. The molecule has 0 amide bonds. The van der Waals surface area contributed by atoms with Crippen molar-refractivity contribution < 1.29 is 18.7 Å². The summed E-state index contributed by atoms with van der Waals surface area (Å²) in [6, 6.07) is 5.47. The van der Waals surface area contributed by atoms with Gasteiger partial charge in [0.05, 0.1) is 13.2 Å². The van der Waals surface area contributed by atoms with E-state index in [9.17, 15) is 9.18 Å². The molecule has 1 aromatic rings. The van der Waals surface area contributed by atoms with Crippen molar-refractivity contribution in [2.24, 2.45) is 0 Å². The first kappa shape index (κ1) is 11.2. The molecule has 3 nitrogen and oxygen atoms in total. The molecule has 2 rings (SSSR count). The van der Waals surface area contributed by atoms with E-state index in [1.54, 1.807) is 6.92 Å². The molecule has 1 aliphatic heterocycles. The molecule has 1 fully saturated rings. The first-order valence-electron chi connectivity index (χ1n) is 5.20. The lowest BCUT2D eigenvalue weighted by Gasteiger charge is -2.28. The Morgan fingerprint density at radius 1 is 1.44 bits per heavy atom. The Morgan fingerprint density at radius 3 is 2.56 bits per heavy atom. The topological polar surface area (TPSA) is 35.5 Å². The maximum atomic E-state index is 12.7. The highest BCUT2D eigenvalue weighted by Crippen LogP contribution is 2.13. The fourth-order valence-corrected chi connectivity index (χ4v) is 1.49. The van der Waals surface area contributed by atoms with E-state index in [4.69, 9.17) is 9.47 Å². The Morgan fingerprint density at radius 2 is 2.06 bits per heavy atom. The second-order valence-electron chi connectivity index (χ2n) is 3.81. The van der Waals surface area contributed by atoms with Gasteiger partial charge < -0.3 is 9.47 Å². The van der Waals surface area contributed by atoms with Crippen molar-refractivity contribution >= 4 is 5.78 Å². The maximum absolute atomic E-state index is 12.7. The number of hydrogen-bond donors (Lipinski definition) is 0. The van der Waals surface area contributed by atoms with Gasteiger partial charge in [0.1, 0.15) is 18.0 Å². The Hall–Kier alpha value is -1.26. The van der Waals surface area contributed by atoms with Crippen LogP contribution in [0.25, 0.3) is 0 Å². The number of carbonyl (C=O) groups excluding carboxylic acids is 1. The predicted octanol–water partition coefficient (Wildman–Crippen LogP) is 1.81. The van der Waals surface area contributed by atoms with Crippen molar-refractivity contribution in [2.45, 2.75) is 19.1 Å². The Labute approximate surface area is 93.2 Å². The first-order valence-corrected chi connectivity index (χ1v) is 5.20. The van der Waals surface area contributed by atoms with Crippen LogP contribution in [0.2, 0.25) is 0 Å². The highest BCUT2D eigenvalue weighted by Gasteiger charge is 2.25. The molecule has 1 heterocycles. The molecule has 0 radical (unpaired) electrons. The molecule has 0 N–H and O–H groups in total. The smallest absolute Gasteiger partial charge is 0.191 e. The highest BCUT2D eigenvalue weighted by atomic mass is 19.1. The lowest BCUT2D eigenvalue weighted by Crippen LogP contribution is -2.40. The summed E-state index contributed by atoms with van der Waals surface area (Å²) in [6.45, 7) is 2.78. The second-order valence-corrected chi connectivity index (χ2v) is 3.81. The summed E-state index contributed by atoms with van der Waals surface area (Å²) in [4.78, 5) is 11.8. The van der Waals surface area contributed by atoms with Crippen LogP contribution in [0.1, 0.15) is 17.3 Å². The van der Waals surface area contributed by atoms with Crippen LogP contribution < -0.4 is 0 Å². The standard InChI is InChI=1S/C12H13FO3/c1-8(16-11-6-15-7-11)12(14)9-2-4-10(13)5-3-9/h2-5,8,11H,6-7H2,1H3. The largest absolute Gasteiger partial charge is 0.376 e. The van der Waals surface area contributed by atoms with E-state index in [0.29, 0.717) is 18.8 Å². The number of halogens is 1. The fraction of sp³-hybridized carbons (Fsp3) is 0.417. The number of rotatable bonds is 4. The molecular weight excluding hydrogens is 211 g/mol. The summed E-state index contributed by atoms with van der Waals surface area (Å²) in [5.41, 5.74) is 0.467. The summed E-state index contributed by atoms with van der Waals surface area (Å²) in [6.07, 6.45) is -0.501. The van der Waals surface area contributed by atoms with Gasteiger partial charge in [-0.1, -0.05) is 0 Å². The van der Waals surface area contributed by atoms with Gasteiger partial charge in [-0.2, -0.15) is 0 Å². The fourth-order valence-electron chi connectivity index (χ4n) is 1.49. The van der Waals surface area contributed by atoms with Crippen molar-refractivity contribution in [1.29, 1.82) is 0 Å². The SMILES string of the molecule is CC(OC1COC1)C(=O)c1ccc(F)cc1. The molecule has 1 aliphatic rings. The normalized spacial score (nSPS) is 17.9. The molecule has 16 heavy (non-hydrogen) atoms. The van der Waals surface area contributed by atoms with E-state index in [-0.39, 0.29) is 17.7 Å². The Balaban J connectivity index is 1.97. The lowest BCUT2D eigenvalue weighted by atomic mass is 10.1. The minimum absolute atomic E-state index is 0.0133. The van der Waals surface area contributed by atoms with Gasteiger partial charge in [0.2, 0.25) is 0 Å². The van der Waals surface area contributed by atoms with Gasteiger partial charge in [-0.25, -0.2) is 4.39 Å². The zero-order valence-electron chi connectivity index (χ0n) is 8.98. The average Bonchev–Trinajstić information content (AvgIpc) is 2.23. The Kier molecular flexibility index (Phi) is 3.31. The third-order valence-electron chi connectivity index (χ3n) is 2.50. The van der Waals surface area contributed by atoms with Crippen LogP contribution in [0.15, 0.2) is 24.3 Å². The molecule has 1 unspecified atom stereocenters. The van der Waals surface area contributed by atoms with Gasteiger partial charge in [0, 0.05) is 5.56 Å². The quantitative estimate of drug-likeness (QED) is 0.732. The molecule has 0 saturated carbocycles. The summed E-state index contributed by atoms with van der Waals surface area (Å²) in [7, 11) is 0. The molecule has 86 valence electrons. The number of ketones is 1. The minimum atomic E-state index is -0.514. The van der Waals surface area contributed by atoms with E-state index >= 15 is 0 Å². The number of ether oxygens (including phenoxy) is 2. The van der Waals surface area contributed by atoms with Crippen molar-refractivity contribution in [3.63, 3.8) is 0 Å². The molecule has 1 atom stereocenters. The van der Waals surface area contributed by atoms with Gasteiger partial charge >= 0.3 is 0 Å². The van der Waals surface area contributed by atoms with Crippen LogP contribution in [-0.4, -0.2) is 31.2 Å². The number of benzene rings is 1. The summed E-state index contributed by atoms with van der Waals surface area (Å²) in [5.74, 6) is -0.482. The van der Waals surface area contributed by atoms with Crippen molar-refractivity contribution in [1.82, 2.24) is 0 Å². The summed E-state index contributed by atoms with van der Waals surface area (Å²) in [5, 5.41) is 0. The third-order valence-corrected chi connectivity index (χ3v) is 2.50. The minimum Gasteiger partial charge on any atom is -0.376 e. The number of hydrogen-bond acceptors (Lipinski definition) is 3. The van der Waals surface area contributed by atoms with E-state index < -0.39 is 6.10 Å². The van der Waals surface area contributed by atoms with Gasteiger partial charge in [-0.3, -0.25) is 4.79 Å². The van der Waals surface area contributed by atoms with Gasteiger partial charge in [-0.05, 0) is 31.2 Å². The van der Waals surface area contributed by atoms with Crippen LogP contribution in [0, 0.1) is 5.82 Å². The van der Waals surface area contributed by atoms with Crippen LogP contribution >= 0.6 is 0 Å². The third kappa shape index (κ3) is 2.46. The monoisotopic (exact) mass is 224 g/mol. The molecule has 0 aliphatic carbocycles. The predicted molar refractivity (Wildman–Crippen MR) is 55.9 cm³/mol. The van der Waals surface area contributed by atoms with E-state index in [1.165, 1.54) is 24.3 Å². The van der Waals surface area contributed by atoms with Gasteiger partial charge in [0.25, 0.3) is 0 Å².